The predicted molar refractivity (Wildman–Crippen MR) is 112 cm³/mol. The molecule has 0 atom stereocenters. The second kappa shape index (κ2) is 8.21. The van der Waals surface area contributed by atoms with Crippen molar-refractivity contribution in [2.75, 3.05) is 44.2 Å². The van der Waals surface area contributed by atoms with Gasteiger partial charge in [0.25, 0.3) is 5.91 Å². The molecule has 0 radical (unpaired) electrons. The van der Waals surface area contributed by atoms with Crippen LogP contribution in [-0.2, 0) is 0 Å². The molecule has 0 unspecified atom stereocenters. The summed E-state index contributed by atoms with van der Waals surface area (Å²) in [6.07, 6.45) is 0. The number of piperazine rings is 1. The Morgan fingerprint density at radius 1 is 1.14 bits per heavy atom. The van der Waals surface area contributed by atoms with E-state index in [1.165, 1.54) is 16.8 Å². The lowest BCUT2D eigenvalue weighted by Gasteiger charge is -2.34. The fourth-order valence-electron chi connectivity index (χ4n) is 3.12. The molecule has 1 aliphatic rings. The van der Waals surface area contributed by atoms with Crippen molar-refractivity contribution in [1.29, 1.82) is 0 Å². The van der Waals surface area contributed by atoms with Crippen LogP contribution in [0.25, 0.3) is 10.2 Å². The van der Waals surface area contributed by atoms with Gasteiger partial charge in [-0.15, -0.1) is 0 Å². The van der Waals surface area contributed by atoms with Crippen molar-refractivity contribution >= 4 is 48.9 Å². The molecule has 1 fully saturated rings. The summed E-state index contributed by atoms with van der Waals surface area (Å²) < 4.78 is 1.21. The largest absolute Gasteiger partial charge is 0.350 e. The number of aromatic nitrogens is 1. The Kier molecular flexibility index (Phi) is 5.51. The van der Waals surface area contributed by atoms with Crippen LogP contribution in [0.15, 0.2) is 36.4 Å². The quantitative estimate of drug-likeness (QED) is 0.490. The summed E-state index contributed by atoms with van der Waals surface area (Å²) in [4.78, 5) is 32.0. The van der Waals surface area contributed by atoms with Crippen LogP contribution in [-0.4, -0.2) is 60.0 Å². The monoisotopic (exact) mass is 417 g/mol. The number of carbonyl (C=O) groups excluding carboxylic acids is 1. The number of amides is 1. The SMILES string of the molecule is O=C(NCCN1CCN(c2nc3ccccc3s2)CC1)c1ccc([N+](=O)[O-])s1. The highest BCUT2D eigenvalue weighted by Crippen LogP contribution is 2.29. The number of rotatable bonds is 6. The molecule has 1 amide bonds. The topological polar surface area (TPSA) is 91.6 Å². The molecule has 146 valence electrons. The Labute approximate surface area is 169 Å². The van der Waals surface area contributed by atoms with Gasteiger partial charge >= 0.3 is 5.00 Å². The molecule has 1 saturated heterocycles. The number of hydrogen-bond acceptors (Lipinski definition) is 8. The van der Waals surface area contributed by atoms with Gasteiger partial charge in [-0.1, -0.05) is 34.8 Å². The Morgan fingerprint density at radius 2 is 1.93 bits per heavy atom. The van der Waals surface area contributed by atoms with Gasteiger partial charge in [0.1, 0.15) is 0 Å². The molecule has 1 aliphatic heterocycles. The summed E-state index contributed by atoms with van der Waals surface area (Å²) in [5.74, 6) is -0.258. The van der Waals surface area contributed by atoms with Crippen LogP contribution in [0.1, 0.15) is 9.67 Å². The van der Waals surface area contributed by atoms with Crippen molar-refractivity contribution in [3.8, 4) is 0 Å². The molecule has 3 heterocycles. The molecule has 4 rings (SSSR count). The van der Waals surface area contributed by atoms with Crippen molar-refractivity contribution in [2.45, 2.75) is 0 Å². The third-order valence-corrected chi connectivity index (χ3v) is 6.77. The maximum Gasteiger partial charge on any atom is 0.324 e. The van der Waals surface area contributed by atoms with Gasteiger partial charge in [-0.2, -0.15) is 0 Å². The Bertz CT molecular complexity index is 961. The normalized spacial score (nSPS) is 15.1. The number of benzene rings is 1. The number of nitrogens with zero attached hydrogens (tertiary/aromatic N) is 4. The zero-order valence-corrected chi connectivity index (χ0v) is 16.7. The summed E-state index contributed by atoms with van der Waals surface area (Å²) in [7, 11) is 0. The molecule has 0 aliphatic carbocycles. The second-order valence-electron chi connectivity index (χ2n) is 6.44. The molecular formula is C18H19N5O3S2. The molecule has 0 spiro atoms. The lowest BCUT2D eigenvalue weighted by molar-refractivity contribution is -0.380. The maximum absolute atomic E-state index is 12.1. The number of nitrogens with one attached hydrogen (secondary N) is 1. The number of fused-ring (bicyclic) bond motifs is 1. The molecule has 8 nitrogen and oxygen atoms in total. The third-order valence-electron chi connectivity index (χ3n) is 4.63. The van der Waals surface area contributed by atoms with E-state index in [-0.39, 0.29) is 10.9 Å². The zero-order chi connectivity index (χ0) is 19.5. The summed E-state index contributed by atoms with van der Waals surface area (Å²) in [6, 6.07) is 11.0. The minimum absolute atomic E-state index is 0.0175. The van der Waals surface area contributed by atoms with Crippen LogP contribution in [0.2, 0.25) is 0 Å². The number of thiophene rings is 1. The van der Waals surface area contributed by atoms with Gasteiger partial charge in [0, 0.05) is 45.3 Å². The molecule has 3 aromatic rings. The number of para-hydroxylation sites is 1. The number of nitro groups is 1. The Balaban J connectivity index is 1.23. The zero-order valence-electron chi connectivity index (χ0n) is 15.0. The van der Waals surface area contributed by atoms with E-state index in [4.69, 9.17) is 4.98 Å². The summed E-state index contributed by atoms with van der Waals surface area (Å²) in [5, 5.41) is 14.6. The van der Waals surface area contributed by atoms with Crippen LogP contribution in [0.3, 0.4) is 0 Å². The van der Waals surface area contributed by atoms with Crippen molar-refractivity contribution in [2.24, 2.45) is 0 Å². The van der Waals surface area contributed by atoms with Gasteiger partial charge in [0.15, 0.2) is 5.13 Å². The van der Waals surface area contributed by atoms with Gasteiger partial charge in [-0.25, -0.2) is 4.98 Å². The van der Waals surface area contributed by atoms with E-state index in [1.54, 1.807) is 11.3 Å². The van der Waals surface area contributed by atoms with Gasteiger partial charge < -0.3 is 10.2 Å². The van der Waals surface area contributed by atoms with E-state index in [9.17, 15) is 14.9 Å². The molecule has 10 heteroatoms. The lowest BCUT2D eigenvalue weighted by Crippen LogP contribution is -2.48. The fraction of sp³-hybridized carbons (Fsp3) is 0.333. The summed E-state index contributed by atoms with van der Waals surface area (Å²) in [6.45, 7) is 4.92. The van der Waals surface area contributed by atoms with Crippen molar-refractivity contribution in [3.63, 3.8) is 0 Å². The first-order valence-electron chi connectivity index (χ1n) is 8.95. The van der Waals surface area contributed by atoms with Crippen LogP contribution >= 0.6 is 22.7 Å². The second-order valence-corrected chi connectivity index (χ2v) is 8.52. The molecule has 2 aromatic heterocycles. The van der Waals surface area contributed by atoms with Crippen LogP contribution in [0.4, 0.5) is 10.1 Å². The average Bonchev–Trinajstić information content (AvgIpc) is 3.36. The highest BCUT2D eigenvalue weighted by Gasteiger charge is 2.20. The van der Waals surface area contributed by atoms with E-state index in [0.29, 0.717) is 11.4 Å². The lowest BCUT2D eigenvalue weighted by atomic mass is 10.3. The minimum Gasteiger partial charge on any atom is -0.350 e. The van der Waals surface area contributed by atoms with Crippen molar-refractivity contribution < 1.29 is 9.72 Å². The first kappa shape index (κ1) is 18.8. The molecule has 28 heavy (non-hydrogen) atoms. The minimum atomic E-state index is -0.480. The van der Waals surface area contributed by atoms with Gasteiger partial charge in [-0.05, 0) is 18.2 Å². The number of anilines is 1. The first-order valence-corrected chi connectivity index (χ1v) is 10.6. The molecule has 0 saturated carbocycles. The number of hydrogen-bond donors (Lipinski definition) is 1. The molecule has 1 N–H and O–H groups in total. The third kappa shape index (κ3) is 4.13. The molecule has 1 aromatic carbocycles. The molecular weight excluding hydrogens is 398 g/mol. The Hall–Kier alpha value is -2.56. The Morgan fingerprint density at radius 3 is 2.64 bits per heavy atom. The van der Waals surface area contributed by atoms with Crippen molar-refractivity contribution in [1.82, 2.24) is 15.2 Å². The smallest absolute Gasteiger partial charge is 0.324 e. The average molecular weight is 418 g/mol. The standard InChI is InChI=1S/C18H19N5O3S2/c24-17(15-5-6-16(27-15)23(25)26)19-7-8-21-9-11-22(12-10-21)18-20-13-3-1-2-4-14(13)28-18/h1-6H,7-12H2,(H,19,24). The fourth-order valence-corrected chi connectivity index (χ4v) is 4.87. The van der Waals surface area contributed by atoms with Gasteiger partial charge in [-0.3, -0.25) is 19.8 Å². The van der Waals surface area contributed by atoms with Gasteiger partial charge in [0.2, 0.25) is 0 Å². The van der Waals surface area contributed by atoms with E-state index in [2.05, 4.69) is 21.2 Å². The number of thiazole rings is 1. The van der Waals surface area contributed by atoms with Gasteiger partial charge in [0.05, 0.1) is 20.0 Å². The first-order chi connectivity index (χ1) is 13.6. The summed E-state index contributed by atoms with van der Waals surface area (Å²) >= 11 is 2.62. The van der Waals surface area contributed by atoms with E-state index in [0.717, 1.165) is 54.7 Å². The highest BCUT2D eigenvalue weighted by molar-refractivity contribution is 7.22. The summed E-state index contributed by atoms with van der Waals surface area (Å²) in [5.41, 5.74) is 1.04. The van der Waals surface area contributed by atoms with E-state index < -0.39 is 4.92 Å². The molecule has 0 bridgehead atoms. The maximum atomic E-state index is 12.1. The van der Waals surface area contributed by atoms with Crippen molar-refractivity contribution in [3.05, 3.63) is 51.4 Å². The predicted octanol–water partition coefficient (Wildman–Crippen LogP) is 2.82. The van der Waals surface area contributed by atoms with Crippen LogP contribution < -0.4 is 10.2 Å². The van der Waals surface area contributed by atoms with E-state index in [1.807, 2.05) is 18.2 Å². The van der Waals surface area contributed by atoms with Crippen LogP contribution in [0.5, 0.6) is 0 Å². The highest BCUT2D eigenvalue weighted by atomic mass is 32.1. The number of carbonyl (C=O) groups is 1. The van der Waals surface area contributed by atoms with Crippen LogP contribution in [0, 0.1) is 10.1 Å². The van der Waals surface area contributed by atoms with E-state index >= 15 is 0 Å².